The Kier molecular flexibility index (Phi) is 5.95. The molecule has 0 spiro atoms. The highest BCUT2D eigenvalue weighted by Gasteiger charge is 2.09. The quantitative estimate of drug-likeness (QED) is 0.614. The van der Waals surface area contributed by atoms with Crippen LogP contribution in [0.2, 0.25) is 0 Å². The van der Waals surface area contributed by atoms with Crippen LogP contribution in [0, 0.1) is 6.92 Å². The van der Waals surface area contributed by atoms with Crippen molar-refractivity contribution in [1.29, 1.82) is 0 Å². The summed E-state index contributed by atoms with van der Waals surface area (Å²) in [5.41, 5.74) is 2.10. The number of aryl methyl sites for hydroxylation is 1. The molecule has 0 heterocycles. The molecule has 0 bridgehead atoms. The molecular weight excluding hydrogens is 258 g/mol. The van der Waals surface area contributed by atoms with Crippen molar-refractivity contribution in [2.24, 2.45) is 0 Å². The predicted molar refractivity (Wildman–Crippen MR) is 71.8 cm³/mol. The van der Waals surface area contributed by atoms with Gasteiger partial charge in [0, 0.05) is 12.4 Å². The molecule has 1 aromatic carbocycles. The first kappa shape index (κ1) is 14.5. The lowest BCUT2D eigenvalue weighted by Crippen LogP contribution is -2.26. The van der Waals surface area contributed by atoms with E-state index in [0.29, 0.717) is 18.8 Å². The van der Waals surface area contributed by atoms with Crippen LogP contribution in [-0.4, -0.2) is 20.1 Å². The van der Waals surface area contributed by atoms with E-state index in [1.807, 2.05) is 31.2 Å². The Morgan fingerprint density at radius 2 is 1.94 bits per heavy atom. The summed E-state index contributed by atoms with van der Waals surface area (Å²) in [5, 5.41) is 0. The molecule has 5 heteroatoms. The van der Waals surface area contributed by atoms with Gasteiger partial charge in [0.2, 0.25) is 10.0 Å². The van der Waals surface area contributed by atoms with Crippen LogP contribution in [0.1, 0.15) is 24.0 Å². The zero-order chi connectivity index (χ0) is 12.7. The Labute approximate surface area is 108 Å². The maximum atomic E-state index is 11.6. The normalized spacial score (nSPS) is 11.6. The van der Waals surface area contributed by atoms with Crippen molar-refractivity contribution in [3.8, 4) is 0 Å². The highest BCUT2D eigenvalue weighted by atomic mass is 35.5. The minimum atomic E-state index is -3.18. The summed E-state index contributed by atoms with van der Waals surface area (Å²) in [5.74, 6) is 0.652. The maximum absolute atomic E-state index is 11.6. The van der Waals surface area contributed by atoms with Gasteiger partial charge in [-0.15, -0.1) is 11.6 Å². The molecule has 0 fully saturated rings. The first-order chi connectivity index (χ1) is 8.05. The third kappa shape index (κ3) is 5.52. The van der Waals surface area contributed by atoms with Crippen LogP contribution in [0.15, 0.2) is 24.3 Å². The minimum absolute atomic E-state index is 0.144. The molecule has 0 radical (unpaired) electrons. The van der Waals surface area contributed by atoms with Gasteiger partial charge in [-0.05, 0) is 30.9 Å². The summed E-state index contributed by atoms with van der Waals surface area (Å²) in [6.45, 7) is 2.33. The molecule has 0 atom stereocenters. The maximum Gasteiger partial charge on any atom is 0.211 e. The van der Waals surface area contributed by atoms with Gasteiger partial charge in [0.15, 0.2) is 0 Å². The molecule has 0 amide bonds. The van der Waals surface area contributed by atoms with Crippen LogP contribution in [0.3, 0.4) is 0 Å². The van der Waals surface area contributed by atoms with Gasteiger partial charge in [0.1, 0.15) is 0 Å². The second kappa shape index (κ2) is 6.99. The highest BCUT2D eigenvalue weighted by Crippen LogP contribution is 2.07. The Balaban J connectivity index is 2.47. The predicted octanol–water partition coefficient (Wildman–Crippen LogP) is 2.43. The van der Waals surface area contributed by atoms with Gasteiger partial charge in [-0.3, -0.25) is 0 Å². The van der Waals surface area contributed by atoms with Gasteiger partial charge in [0.25, 0.3) is 0 Å². The lowest BCUT2D eigenvalue weighted by Gasteiger charge is -2.08. The van der Waals surface area contributed by atoms with Gasteiger partial charge >= 0.3 is 0 Å². The Morgan fingerprint density at radius 3 is 2.59 bits per heavy atom. The fraction of sp³-hybridized carbons (Fsp3) is 0.500. The SMILES string of the molecule is Cc1ccccc1CNS(=O)(=O)CCCCCl. The minimum Gasteiger partial charge on any atom is -0.212 e. The second-order valence-electron chi connectivity index (χ2n) is 3.96. The second-order valence-corrected chi connectivity index (χ2v) is 6.27. The first-order valence-corrected chi connectivity index (χ1v) is 7.81. The number of unbranched alkanes of at least 4 members (excludes halogenated alkanes) is 1. The fourth-order valence-electron chi connectivity index (χ4n) is 1.45. The van der Waals surface area contributed by atoms with Crippen LogP contribution >= 0.6 is 11.6 Å². The first-order valence-electron chi connectivity index (χ1n) is 5.63. The summed E-state index contributed by atoms with van der Waals surface area (Å²) in [7, 11) is -3.18. The van der Waals surface area contributed by atoms with Crippen LogP contribution in [0.5, 0.6) is 0 Å². The van der Waals surface area contributed by atoms with Crippen molar-refractivity contribution < 1.29 is 8.42 Å². The Bertz CT molecular complexity index is 446. The number of alkyl halides is 1. The topological polar surface area (TPSA) is 46.2 Å². The number of sulfonamides is 1. The van der Waals surface area contributed by atoms with Crippen molar-refractivity contribution in [2.45, 2.75) is 26.3 Å². The fourth-order valence-corrected chi connectivity index (χ4v) is 2.75. The zero-order valence-corrected chi connectivity index (χ0v) is 11.5. The molecule has 1 aromatic rings. The van der Waals surface area contributed by atoms with Crippen LogP contribution < -0.4 is 4.72 Å². The van der Waals surface area contributed by atoms with Crippen LogP contribution in [0.4, 0.5) is 0 Å². The summed E-state index contributed by atoms with van der Waals surface area (Å²) in [6.07, 6.45) is 1.33. The van der Waals surface area contributed by atoms with E-state index in [2.05, 4.69) is 4.72 Å². The van der Waals surface area contributed by atoms with E-state index in [1.54, 1.807) is 0 Å². The van der Waals surface area contributed by atoms with Crippen molar-refractivity contribution >= 4 is 21.6 Å². The summed E-state index contributed by atoms with van der Waals surface area (Å²) in [6, 6.07) is 7.74. The van der Waals surface area contributed by atoms with E-state index in [1.165, 1.54) is 0 Å². The molecule has 0 aliphatic rings. The van der Waals surface area contributed by atoms with E-state index >= 15 is 0 Å². The third-order valence-electron chi connectivity index (χ3n) is 2.54. The molecule has 3 nitrogen and oxygen atoms in total. The average Bonchev–Trinajstić information content (AvgIpc) is 2.28. The number of benzene rings is 1. The van der Waals surface area contributed by atoms with E-state index in [0.717, 1.165) is 17.5 Å². The van der Waals surface area contributed by atoms with Crippen LogP contribution in [-0.2, 0) is 16.6 Å². The third-order valence-corrected chi connectivity index (χ3v) is 4.22. The van der Waals surface area contributed by atoms with Crippen molar-refractivity contribution in [3.63, 3.8) is 0 Å². The number of rotatable bonds is 7. The Morgan fingerprint density at radius 1 is 1.24 bits per heavy atom. The number of nitrogens with one attached hydrogen (secondary N) is 1. The van der Waals surface area contributed by atoms with E-state index in [-0.39, 0.29) is 5.75 Å². The molecular formula is C12H18ClNO2S. The van der Waals surface area contributed by atoms with Gasteiger partial charge < -0.3 is 0 Å². The molecule has 1 rings (SSSR count). The molecule has 0 aromatic heterocycles. The van der Waals surface area contributed by atoms with Gasteiger partial charge in [0.05, 0.1) is 5.75 Å². The zero-order valence-electron chi connectivity index (χ0n) is 9.95. The van der Waals surface area contributed by atoms with Gasteiger partial charge in [-0.1, -0.05) is 24.3 Å². The lowest BCUT2D eigenvalue weighted by atomic mass is 10.1. The lowest BCUT2D eigenvalue weighted by molar-refractivity contribution is 0.578. The van der Waals surface area contributed by atoms with E-state index < -0.39 is 10.0 Å². The average molecular weight is 276 g/mol. The summed E-state index contributed by atoms with van der Waals surface area (Å²) < 4.78 is 25.9. The largest absolute Gasteiger partial charge is 0.212 e. The molecule has 17 heavy (non-hydrogen) atoms. The van der Waals surface area contributed by atoms with Gasteiger partial charge in [-0.2, -0.15) is 0 Å². The molecule has 0 aliphatic heterocycles. The number of hydrogen-bond donors (Lipinski definition) is 1. The monoisotopic (exact) mass is 275 g/mol. The van der Waals surface area contributed by atoms with Gasteiger partial charge in [-0.25, -0.2) is 13.1 Å². The molecule has 0 aliphatic carbocycles. The van der Waals surface area contributed by atoms with Crippen LogP contribution in [0.25, 0.3) is 0 Å². The van der Waals surface area contributed by atoms with Crippen molar-refractivity contribution in [3.05, 3.63) is 35.4 Å². The number of halogens is 1. The molecule has 96 valence electrons. The highest BCUT2D eigenvalue weighted by molar-refractivity contribution is 7.89. The van der Waals surface area contributed by atoms with E-state index in [4.69, 9.17) is 11.6 Å². The number of hydrogen-bond acceptors (Lipinski definition) is 2. The molecule has 0 saturated carbocycles. The smallest absolute Gasteiger partial charge is 0.211 e. The molecule has 0 unspecified atom stereocenters. The van der Waals surface area contributed by atoms with E-state index in [9.17, 15) is 8.42 Å². The molecule has 1 N–H and O–H groups in total. The standard InChI is InChI=1S/C12H18ClNO2S/c1-11-6-2-3-7-12(11)10-14-17(15,16)9-5-4-8-13/h2-3,6-7,14H,4-5,8-10H2,1H3. The summed E-state index contributed by atoms with van der Waals surface area (Å²) in [4.78, 5) is 0. The Hall–Kier alpha value is -0.580. The van der Waals surface area contributed by atoms with Crippen molar-refractivity contribution in [2.75, 3.05) is 11.6 Å². The summed E-state index contributed by atoms with van der Waals surface area (Å²) >= 11 is 5.51. The van der Waals surface area contributed by atoms with Crippen molar-refractivity contribution in [1.82, 2.24) is 4.72 Å². The molecule has 0 saturated heterocycles.